The van der Waals surface area contributed by atoms with Crippen molar-refractivity contribution in [3.8, 4) is 0 Å². The third-order valence-electron chi connectivity index (χ3n) is 2.76. The van der Waals surface area contributed by atoms with Crippen molar-refractivity contribution in [3.05, 3.63) is 16.0 Å². The van der Waals surface area contributed by atoms with Gasteiger partial charge < -0.3 is 5.32 Å². The molecule has 1 aliphatic carbocycles. The lowest BCUT2D eigenvalue weighted by Gasteiger charge is -2.11. The molecule has 0 saturated heterocycles. The zero-order valence-electron chi connectivity index (χ0n) is 9.81. The summed E-state index contributed by atoms with van der Waals surface area (Å²) in [5.41, 5.74) is 0.825. The highest BCUT2D eigenvalue weighted by Gasteiger charge is 2.31. The summed E-state index contributed by atoms with van der Waals surface area (Å²) in [7, 11) is 1.69. The van der Waals surface area contributed by atoms with Crippen LogP contribution >= 0.6 is 15.9 Å². The van der Waals surface area contributed by atoms with Crippen molar-refractivity contribution in [2.45, 2.75) is 37.8 Å². The smallest absolute Gasteiger partial charge is 0.372 e. The van der Waals surface area contributed by atoms with Crippen LogP contribution < -0.4 is 5.32 Å². The van der Waals surface area contributed by atoms with E-state index >= 15 is 0 Å². The molecule has 0 radical (unpaired) electrons. The van der Waals surface area contributed by atoms with Gasteiger partial charge in [0.15, 0.2) is 0 Å². The van der Waals surface area contributed by atoms with E-state index in [4.69, 9.17) is 0 Å². The zero-order chi connectivity index (χ0) is 13.3. The number of hydrogen-bond acceptors (Lipinski definition) is 3. The van der Waals surface area contributed by atoms with Crippen molar-refractivity contribution < 1.29 is 13.2 Å². The van der Waals surface area contributed by atoms with Crippen LogP contribution in [0.5, 0.6) is 0 Å². The van der Waals surface area contributed by atoms with Gasteiger partial charge in [-0.15, -0.1) is 0 Å². The molecule has 0 spiro atoms. The lowest BCUT2D eigenvalue weighted by molar-refractivity contribution is -0.134. The molecule has 2 rings (SSSR count). The number of aromatic nitrogens is 2. The van der Waals surface area contributed by atoms with Gasteiger partial charge >= 0.3 is 6.18 Å². The second-order valence-electron chi connectivity index (χ2n) is 4.33. The van der Waals surface area contributed by atoms with Crippen LogP contribution in [0.4, 0.5) is 19.0 Å². The average molecular weight is 324 g/mol. The number of halogens is 4. The molecule has 1 saturated carbocycles. The SMILES string of the molecule is CNc1nc(CCC(F)(F)F)nc(C2CC2)c1Br. The van der Waals surface area contributed by atoms with Gasteiger partial charge in [-0.1, -0.05) is 0 Å². The molecule has 1 aliphatic rings. The highest BCUT2D eigenvalue weighted by atomic mass is 79.9. The fourth-order valence-electron chi connectivity index (χ4n) is 1.67. The van der Waals surface area contributed by atoms with Crippen molar-refractivity contribution in [2.24, 2.45) is 0 Å². The van der Waals surface area contributed by atoms with Gasteiger partial charge in [-0.25, -0.2) is 9.97 Å². The standard InChI is InChI=1S/C11H13BrF3N3/c1-16-10-8(12)9(6-2-3-6)17-7(18-10)4-5-11(13,14)15/h6H,2-5H2,1H3,(H,16,17,18). The van der Waals surface area contributed by atoms with E-state index in [0.29, 0.717) is 11.7 Å². The van der Waals surface area contributed by atoms with Crippen LogP contribution in [0.25, 0.3) is 0 Å². The molecule has 1 aromatic heterocycles. The summed E-state index contributed by atoms with van der Waals surface area (Å²) in [5, 5.41) is 2.88. The van der Waals surface area contributed by atoms with Crippen molar-refractivity contribution in [3.63, 3.8) is 0 Å². The lowest BCUT2D eigenvalue weighted by atomic mass is 10.2. The van der Waals surface area contributed by atoms with E-state index < -0.39 is 12.6 Å². The minimum Gasteiger partial charge on any atom is -0.372 e. The summed E-state index contributed by atoms with van der Waals surface area (Å²) in [4.78, 5) is 8.34. The van der Waals surface area contributed by atoms with Gasteiger partial charge in [0, 0.05) is 19.4 Å². The molecule has 0 aromatic carbocycles. The number of anilines is 1. The Morgan fingerprint density at radius 1 is 1.33 bits per heavy atom. The van der Waals surface area contributed by atoms with Crippen molar-refractivity contribution >= 4 is 21.7 Å². The first kappa shape index (κ1) is 13.6. The van der Waals surface area contributed by atoms with Gasteiger partial charge in [-0.2, -0.15) is 13.2 Å². The highest BCUT2D eigenvalue weighted by Crippen LogP contribution is 2.43. The molecule has 1 N–H and O–H groups in total. The van der Waals surface area contributed by atoms with E-state index in [2.05, 4.69) is 31.2 Å². The molecule has 0 aliphatic heterocycles. The first-order chi connectivity index (χ1) is 8.40. The molecule has 7 heteroatoms. The Bertz CT molecular complexity index is 444. The van der Waals surface area contributed by atoms with Gasteiger partial charge in [0.2, 0.25) is 0 Å². The maximum absolute atomic E-state index is 12.2. The molecule has 0 unspecified atom stereocenters. The first-order valence-electron chi connectivity index (χ1n) is 5.71. The number of nitrogens with one attached hydrogen (secondary N) is 1. The van der Waals surface area contributed by atoms with Crippen LogP contribution in [0.1, 0.15) is 36.7 Å². The molecule has 0 amide bonds. The van der Waals surface area contributed by atoms with Gasteiger partial charge in [0.05, 0.1) is 16.6 Å². The Hall–Kier alpha value is -0.850. The topological polar surface area (TPSA) is 37.8 Å². The van der Waals surface area contributed by atoms with Gasteiger partial charge in [0.25, 0.3) is 0 Å². The molecular weight excluding hydrogens is 311 g/mol. The Kier molecular flexibility index (Phi) is 3.79. The second-order valence-corrected chi connectivity index (χ2v) is 5.12. The third kappa shape index (κ3) is 3.34. The van der Waals surface area contributed by atoms with Crippen LogP contribution in [-0.2, 0) is 6.42 Å². The number of rotatable bonds is 4. The van der Waals surface area contributed by atoms with E-state index in [9.17, 15) is 13.2 Å². The fraction of sp³-hybridized carbons (Fsp3) is 0.636. The minimum absolute atomic E-state index is 0.175. The largest absolute Gasteiger partial charge is 0.389 e. The Morgan fingerprint density at radius 3 is 2.50 bits per heavy atom. The molecule has 0 atom stereocenters. The summed E-state index contributed by atoms with van der Waals surface area (Å²) in [5.74, 6) is 1.17. The van der Waals surface area contributed by atoms with Crippen LogP contribution in [0.15, 0.2) is 4.47 Å². The van der Waals surface area contributed by atoms with E-state index in [1.54, 1.807) is 7.05 Å². The van der Waals surface area contributed by atoms with E-state index in [1.807, 2.05) is 0 Å². The predicted molar refractivity (Wildman–Crippen MR) is 65.6 cm³/mol. The monoisotopic (exact) mass is 323 g/mol. The number of hydrogen-bond donors (Lipinski definition) is 1. The summed E-state index contributed by atoms with van der Waals surface area (Å²) >= 11 is 3.40. The molecule has 100 valence electrons. The molecule has 3 nitrogen and oxygen atoms in total. The number of nitrogens with zero attached hydrogens (tertiary/aromatic N) is 2. The maximum atomic E-state index is 12.2. The van der Waals surface area contributed by atoms with Crippen molar-refractivity contribution in [1.29, 1.82) is 0 Å². The van der Waals surface area contributed by atoms with E-state index in [-0.39, 0.29) is 12.2 Å². The zero-order valence-corrected chi connectivity index (χ0v) is 11.4. The van der Waals surface area contributed by atoms with Crippen molar-refractivity contribution in [1.82, 2.24) is 9.97 Å². The summed E-state index contributed by atoms with van der Waals surface area (Å²) in [6.07, 6.45) is -3.15. The van der Waals surface area contributed by atoms with Crippen molar-refractivity contribution in [2.75, 3.05) is 12.4 Å². The summed E-state index contributed by atoms with van der Waals surface area (Å²) in [6, 6.07) is 0. The summed E-state index contributed by atoms with van der Waals surface area (Å²) < 4.78 is 37.3. The summed E-state index contributed by atoms with van der Waals surface area (Å²) in [6.45, 7) is 0. The average Bonchev–Trinajstić information content (AvgIpc) is 3.10. The van der Waals surface area contributed by atoms with Gasteiger partial charge in [0.1, 0.15) is 11.6 Å². The van der Waals surface area contributed by atoms with E-state index in [1.165, 1.54) is 0 Å². The Morgan fingerprint density at radius 2 is 2.00 bits per heavy atom. The third-order valence-corrected chi connectivity index (χ3v) is 3.54. The van der Waals surface area contributed by atoms with E-state index in [0.717, 1.165) is 23.0 Å². The fourth-order valence-corrected chi connectivity index (χ4v) is 2.37. The first-order valence-corrected chi connectivity index (χ1v) is 6.51. The van der Waals surface area contributed by atoms with Crippen LogP contribution in [-0.4, -0.2) is 23.2 Å². The van der Waals surface area contributed by atoms with Crippen LogP contribution in [0.3, 0.4) is 0 Å². The molecule has 0 bridgehead atoms. The lowest BCUT2D eigenvalue weighted by Crippen LogP contribution is -2.12. The predicted octanol–water partition coefficient (Wildman–Crippen LogP) is 3.65. The van der Waals surface area contributed by atoms with Gasteiger partial charge in [-0.05, 0) is 28.8 Å². The molecule has 1 heterocycles. The number of alkyl halides is 3. The minimum atomic E-state index is -4.17. The Balaban J connectivity index is 2.22. The number of aryl methyl sites for hydroxylation is 1. The molecule has 18 heavy (non-hydrogen) atoms. The van der Waals surface area contributed by atoms with Gasteiger partial charge in [-0.3, -0.25) is 0 Å². The molecule has 1 fully saturated rings. The highest BCUT2D eigenvalue weighted by molar-refractivity contribution is 9.10. The molecular formula is C11H13BrF3N3. The van der Waals surface area contributed by atoms with Crippen LogP contribution in [0, 0.1) is 0 Å². The molecule has 1 aromatic rings. The quantitative estimate of drug-likeness (QED) is 0.919. The maximum Gasteiger partial charge on any atom is 0.389 e. The normalized spacial score (nSPS) is 15.8. The Labute approximate surface area is 111 Å². The van der Waals surface area contributed by atoms with Crippen LogP contribution in [0.2, 0.25) is 0 Å². The second kappa shape index (κ2) is 5.03.